The van der Waals surface area contributed by atoms with Crippen molar-refractivity contribution < 1.29 is 12.8 Å². The second-order valence-electron chi connectivity index (χ2n) is 6.89. The van der Waals surface area contributed by atoms with Crippen molar-refractivity contribution in [3.05, 3.63) is 83.3 Å². The van der Waals surface area contributed by atoms with Gasteiger partial charge in [-0.1, -0.05) is 53.7 Å². The van der Waals surface area contributed by atoms with Crippen LogP contribution >= 0.6 is 23.4 Å². The lowest BCUT2D eigenvalue weighted by molar-refractivity contribution is 0.534. The minimum absolute atomic E-state index is 0.0163. The van der Waals surface area contributed by atoms with Crippen LogP contribution in [0.2, 0.25) is 5.02 Å². The monoisotopic (exact) mass is 473 g/mol. The van der Waals surface area contributed by atoms with Crippen molar-refractivity contribution in [3.8, 4) is 11.4 Å². The summed E-state index contributed by atoms with van der Waals surface area (Å²) < 4.78 is 32.7. The van der Waals surface area contributed by atoms with Crippen molar-refractivity contribution in [1.82, 2.24) is 14.8 Å². The Hall–Kier alpha value is -2.55. The Morgan fingerprint density at radius 2 is 1.77 bits per heavy atom. The first-order valence-electron chi connectivity index (χ1n) is 9.57. The number of thioether (sulfide) groups is 1. The van der Waals surface area contributed by atoms with Crippen LogP contribution in [0.5, 0.6) is 0 Å². The zero-order valence-electron chi connectivity index (χ0n) is 16.7. The van der Waals surface area contributed by atoms with E-state index in [0.29, 0.717) is 28.3 Å². The molecule has 0 bridgehead atoms. The van der Waals surface area contributed by atoms with E-state index in [-0.39, 0.29) is 10.6 Å². The topological polar surface area (TPSA) is 78.0 Å². The smallest absolute Gasteiger partial charge is 0.191 e. The van der Waals surface area contributed by atoms with Gasteiger partial charge in [-0.05, 0) is 42.8 Å². The second kappa shape index (κ2) is 9.30. The second-order valence-corrected chi connectivity index (χ2v) is 10.5. The quantitative estimate of drug-likeness (QED) is 0.331. The van der Waals surface area contributed by atoms with Crippen LogP contribution in [0.3, 0.4) is 0 Å². The van der Waals surface area contributed by atoms with Gasteiger partial charge in [0.25, 0.3) is 0 Å². The molecule has 6 nitrogen and oxygen atoms in total. The number of sulfone groups is 1. The number of benzene rings is 2. The van der Waals surface area contributed by atoms with Gasteiger partial charge in [-0.2, -0.15) is 0 Å². The molecule has 9 heteroatoms. The van der Waals surface area contributed by atoms with Crippen LogP contribution < -0.4 is 0 Å². The van der Waals surface area contributed by atoms with E-state index in [4.69, 9.17) is 16.0 Å². The zero-order chi connectivity index (χ0) is 21.8. The van der Waals surface area contributed by atoms with Gasteiger partial charge in [0.05, 0.1) is 29.0 Å². The van der Waals surface area contributed by atoms with Crippen LogP contribution in [0.4, 0.5) is 0 Å². The Morgan fingerprint density at radius 1 is 1.03 bits per heavy atom. The molecular formula is C22H20ClN3O3S2. The Kier molecular flexibility index (Phi) is 6.50. The molecule has 0 N–H and O–H groups in total. The number of aryl methyl sites for hydroxylation is 1. The number of aromatic nitrogens is 3. The lowest BCUT2D eigenvalue weighted by atomic mass is 10.2. The van der Waals surface area contributed by atoms with Crippen molar-refractivity contribution in [1.29, 1.82) is 0 Å². The fourth-order valence-corrected chi connectivity index (χ4v) is 5.83. The number of nitrogens with zero attached hydrogens (tertiary/aromatic N) is 3. The third kappa shape index (κ3) is 5.03. The molecule has 0 fully saturated rings. The van der Waals surface area contributed by atoms with Crippen LogP contribution in [0.15, 0.2) is 81.4 Å². The van der Waals surface area contributed by atoms with Gasteiger partial charge in [-0.25, -0.2) is 8.42 Å². The van der Waals surface area contributed by atoms with Crippen molar-refractivity contribution in [2.75, 3.05) is 11.5 Å². The van der Waals surface area contributed by atoms with Crippen molar-refractivity contribution in [2.24, 2.45) is 0 Å². The van der Waals surface area contributed by atoms with Crippen LogP contribution in [0.25, 0.3) is 11.4 Å². The fourth-order valence-electron chi connectivity index (χ4n) is 3.12. The molecule has 0 saturated carbocycles. The largest absolute Gasteiger partial charge is 0.469 e. The van der Waals surface area contributed by atoms with Crippen molar-refractivity contribution in [3.63, 3.8) is 0 Å². The highest BCUT2D eigenvalue weighted by atomic mass is 35.5. The maximum Gasteiger partial charge on any atom is 0.191 e. The van der Waals surface area contributed by atoms with Crippen LogP contribution in [0, 0.1) is 6.92 Å². The molecule has 2 aromatic carbocycles. The standard InChI is InChI=1S/C22H20ClN3O3S2/c1-16-20(11-12-29-16)21-24-25-22(26(21)15-17-5-3-2-4-6-17)30-13-14-31(27,28)19-9-7-18(23)8-10-19/h2-12H,13-15H2,1H3. The maximum atomic E-state index is 12.6. The lowest BCUT2D eigenvalue weighted by Crippen LogP contribution is -2.10. The minimum Gasteiger partial charge on any atom is -0.469 e. The molecule has 160 valence electrons. The van der Waals surface area contributed by atoms with Gasteiger partial charge in [0.1, 0.15) is 5.76 Å². The molecule has 0 amide bonds. The molecule has 2 heterocycles. The average molecular weight is 474 g/mol. The molecule has 0 aliphatic carbocycles. The van der Waals surface area contributed by atoms with Gasteiger partial charge < -0.3 is 4.42 Å². The summed E-state index contributed by atoms with van der Waals surface area (Å²) in [5, 5.41) is 9.86. The number of rotatable bonds is 8. The number of furan rings is 1. The van der Waals surface area contributed by atoms with E-state index >= 15 is 0 Å². The SMILES string of the molecule is Cc1occc1-c1nnc(SCCS(=O)(=O)c2ccc(Cl)cc2)n1Cc1ccccc1. The lowest BCUT2D eigenvalue weighted by Gasteiger charge is -2.10. The summed E-state index contributed by atoms with van der Waals surface area (Å²) in [6.45, 7) is 2.45. The molecule has 0 aliphatic rings. The van der Waals surface area contributed by atoms with E-state index < -0.39 is 9.84 Å². The molecule has 0 unspecified atom stereocenters. The molecule has 0 radical (unpaired) electrons. The van der Waals surface area contributed by atoms with E-state index in [1.165, 1.54) is 23.9 Å². The number of hydrogen-bond donors (Lipinski definition) is 0. The molecule has 0 saturated heterocycles. The predicted molar refractivity (Wildman–Crippen MR) is 122 cm³/mol. The third-order valence-corrected chi connectivity index (χ3v) is 7.97. The highest BCUT2D eigenvalue weighted by Gasteiger charge is 2.20. The molecule has 2 aromatic heterocycles. The summed E-state index contributed by atoms with van der Waals surface area (Å²) in [6.07, 6.45) is 1.62. The van der Waals surface area contributed by atoms with E-state index in [2.05, 4.69) is 10.2 Å². The summed E-state index contributed by atoms with van der Waals surface area (Å²) in [4.78, 5) is 0.262. The number of hydrogen-bond acceptors (Lipinski definition) is 6. The van der Waals surface area contributed by atoms with Crippen LogP contribution in [0.1, 0.15) is 11.3 Å². The number of halogens is 1. The summed E-state index contributed by atoms with van der Waals surface area (Å²) >= 11 is 7.23. The normalized spacial score (nSPS) is 11.7. The van der Waals surface area contributed by atoms with Gasteiger partial charge in [0.15, 0.2) is 20.8 Å². The highest BCUT2D eigenvalue weighted by Crippen LogP contribution is 2.28. The summed E-state index contributed by atoms with van der Waals surface area (Å²) in [5.74, 6) is 1.78. The summed E-state index contributed by atoms with van der Waals surface area (Å²) in [6, 6.07) is 18.1. The van der Waals surface area contributed by atoms with Gasteiger partial charge in [0, 0.05) is 10.8 Å². The minimum atomic E-state index is -3.41. The summed E-state index contributed by atoms with van der Waals surface area (Å²) in [5.41, 5.74) is 1.96. The van der Waals surface area contributed by atoms with E-state index in [0.717, 1.165) is 16.9 Å². The Labute approximate surface area is 190 Å². The van der Waals surface area contributed by atoms with Crippen molar-refractivity contribution in [2.45, 2.75) is 23.5 Å². The first-order valence-corrected chi connectivity index (χ1v) is 12.6. The van der Waals surface area contributed by atoms with E-state index in [9.17, 15) is 8.42 Å². The van der Waals surface area contributed by atoms with Gasteiger partial charge >= 0.3 is 0 Å². The highest BCUT2D eigenvalue weighted by molar-refractivity contribution is 8.00. The molecule has 0 spiro atoms. The molecule has 0 atom stereocenters. The van der Waals surface area contributed by atoms with Crippen LogP contribution in [-0.2, 0) is 16.4 Å². The van der Waals surface area contributed by atoms with E-state index in [1.54, 1.807) is 18.4 Å². The molecule has 4 rings (SSSR count). The van der Waals surface area contributed by atoms with Gasteiger partial charge in [0.2, 0.25) is 0 Å². The van der Waals surface area contributed by atoms with E-state index in [1.807, 2.05) is 47.9 Å². The maximum absolute atomic E-state index is 12.6. The first kappa shape index (κ1) is 21.7. The zero-order valence-corrected chi connectivity index (χ0v) is 19.1. The Morgan fingerprint density at radius 3 is 2.45 bits per heavy atom. The third-order valence-electron chi connectivity index (χ3n) is 4.76. The fraction of sp³-hybridized carbons (Fsp3) is 0.182. The Bertz CT molecular complexity index is 1270. The van der Waals surface area contributed by atoms with Crippen molar-refractivity contribution >= 4 is 33.2 Å². The van der Waals surface area contributed by atoms with Crippen LogP contribution in [-0.4, -0.2) is 34.7 Å². The van der Waals surface area contributed by atoms with Gasteiger partial charge in [-0.3, -0.25) is 4.57 Å². The molecule has 0 aliphatic heterocycles. The average Bonchev–Trinajstić information content (AvgIpc) is 3.35. The molecular weight excluding hydrogens is 454 g/mol. The molecule has 31 heavy (non-hydrogen) atoms. The molecule has 4 aromatic rings. The summed E-state index contributed by atoms with van der Waals surface area (Å²) in [7, 11) is -3.41. The predicted octanol–water partition coefficient (Wildman–Crippen LogP) is 5.11. The van der Waals surface area contributed by atoms with Gasteiger partial charge in [-0.15, -0.1) is 10.2 Å². The Balaban J connectivity index is 1.56. The first-order chi connectivity index (χ1) is 14.9.